The quantitative estimate of drug-likeness (QED) is 0.849. The van der Waals surface area contributed by atoms with Crippen molar-refractivity contribution in [3.05, 3.63) is 18.2 Å². The molecule has 0 unspecified atom stereocenters. The Kier molecular flexibility index (Phi) is 3.87. The molecule has 1 aliphatic carbocycles. The highest BCUT2D eigenvalue weighted by Crippen LogP contribution is 2.36. The summed E-state index contributed by atoms with van der Waals surface area (Å²) in [7, 11) is 0. The van der Waals surface area contributed by atoms with Crippen LogP contribution >= 0.6 is 0 Å². The third-order valence-corrected chi connectivity index (χ3v) is 3.97. The van der Waals surface area contributed by atoms with Crippen LogP contribution in [-0.2, 0) is 6.54 Å². The molecule has 17 heavy (non-hydrogen) atoms. The lowest BCUT2D eigenvalue weighted by atomic mass is 9.89. The summed E-state index contributed by atoms with van der Waals surface area (Å²) in [6.45, 7) is 8.88. The monoisotopic (exact) mass is 235 g/mol. The van der Waals surface area contributed by atoms with Crippen molar-refractivity contribution in [1.82, 2.24) is 14.9 Å². The molecule has 1 saturated carbocycles. The topological polar surface area (TPSA) is 29.9 Å². The molecule has 1 aromatic heterocycles. The summed E-state index contributed by atoms with van der Waals surface area (Å²) in [6, 6.07) is 0.497. The fourth-order valence-electron chi connectivity index (χ4n) is 2.83. The molecule has 0 saturated heterocycles. The van der Waals surface area contributed by atoms with Crippen molar-refractivity contribution in [2.24, 2.45) is 5.41 Å². The average Bonchev–Trinajstić information content (AvgIpc) is 2.87. The Morgan fingerprint density at radius 1 is 1.41 bits per heavy atom. The summed E-state index contributed by atoms with van der Waals surface area (Å²) in [6.07, 6.45) is 9.47. The second-order valence-electron chi connectivity index (χ2n) is 6.01. The van der Waals surface area contributed by atoms with Gasteiger partial charge in [-0.15, -0.1) is 0 Å². The van der Waals surface area contributed by atoms with Gasteiger partial charge in [-0.2, -0.15) is 0 Å². The third-order valence-electron chi connectivity index (χ3n) is 3.97. The maximum absolute atomic E-state index is 4.23. The van der Waals surface area contributed by atoms with Gasteiger partial charge in [0.15, 0.2) is 0 Å². The van der Waals surface area contributed by atoms with E-state index in [0.29, 0.717) is 11.5 Å². The van der Waals surface area contributed by atoms with Crippen LogP contribution in [0, 0.1) is 5.41 Å². The Morgan fingerprint density at radius 2 is 2.12 bits per heavy atom. The molecule has 0 aromatic carbocycles. The minimum Gasteiger partial charge on any atom is -0.331 e. The van der Waals surface area contributed by atoms with Crippen molar-refractivity contribution in [3.63, 3.8) is 0 Å². The summed E-state index contributed by atoms with van der Waals surface area (Å²) in [5.41, 5.74) is 1.82. The van der Waals surface area contributed by atoms with Crippen LogP contribution in [0.15, 0.2) is 12.5 Å². The van der Waals surface area contributed by atoms with Crippen molar-refractivity contribution in [3.8, 4) is 0 Å². The average molecular weight is 235 g/mol. The van der Waals surface area contributed by atoms with E-state index in [0.717, 1.165) is 13.1 Å². The summed E-state index contributed by atoms with van der Waals surface area (Å²) in [5.74, 6) is 0. The fraction of sp³-hybridized carbons (Fsp3) is 0.786. The van der Waals surface area contributed by atoms with Gasteiger partial charge in [0.1, 0.15) is 0 Å². The van der Waals surface area contributed by atoms with E-state index < -0.39 is 0 Å². The zero-order valence-electron chi connectivity index (χ0n) is 11.4. The molecule has 2 rings (SSSR count). The first kappa shape index (κ1) is 12.6. The van der Waals surface area contributed by atoms with Gasteiger partial charge in [0.2, 0.25) is 0 Å². The molecule has 0 spiro atoms. The molecule has 0 amide bonds. The first-order chi connectivity index (χ1) is 8.11. The number of nitrogens with one attached hydrogen (secondary N) is 1. The van der Waals surface area contributed by atoms with E-state index in [9.17, 15) is 0 Å². The lowest BCUT2D eigenvalue weighted by molar-refractivity contribution is 0.312. The number of rotatable bonds is 5. The molecular formula is C14H25N3. The second kappa shape index (κ2) is 5.21. The maximum atomic E-state index is 4.23. The molecule has 0 bridgehead atoms. The Labute approximate surface area is 105 Å². The first-order valence-electron chi connectivity index (χ1n) is 6.82. The SMILES string of the molecule is CC(C)n1cncc1CNCC1(C)CCCC1. The van der Waals surface area contributed by atoms with Gasteiger partial charge in [0, 0.05) is 25.3 Å². The summed E-state index contributed by atoms with van der Waals surface area (Å²) in [5, 5.41) is 3.60. The first-order valence-corrected chi connectivity index (χ1v) is 6.82. The number of hydrogen-bond acceptors (Lipinski definition) is 2. The van der Waals surface area contributed by atoms with E-state index in [-0.39, 0.29) is 0 Å². The molecule has 0 atom stereocenters. The van der Waals surface area contributed by atoms with Gasteiger partial charge in [0.25, 0.3) is 0 Å². The Morgan fingerprint density at radius 3 is 2.76 bits per heavy atom. The van der Waals surface area contributed by atoms with Crippen LogP contribution in [0.25, 0.3) is 0 Å². The van der Waals surface area contributed by atoms with E-state index in [1.54, 1.807) is 0 Å². The van der Waals surface area contributed by atoms with Crippen molar-refractivity contribution in [2.45, 2.75) is 59.0 Å². The van der Waals surface area contributed by atoms with Crippen LogP contribution in [0.3, 0.4) is 0 Å². The number of aromatic nitrogens is 2. The van der Waals surface area contributed by atoms with Gasteiger partial charge < -0.3 is 9.88 Å². The lowest BCUT2D eigenvalue weighted by Gasteiger charge is -2.24. The number of imidazole rings is 1. The third kappa shape index (κ3) is 3.09. The summed E-state index contributed by atoms with van der Waals surface area (Å²) < 4.78 is 2.24. The zero-order valence-corrected chi connectivity index (χ0v) is 11.4. The minimum atomic E-state index is 0.497. The van der Waals surface area contributed by atoms with Crippen molar-refractivity contribution in [1.29, 1.82) is 0 Å². The van der Waals surface area contributed by atoms with E-state index in [4.69, 9.17) is 0 Å². The predicted octanol–water partition coefficient (Wildman–Crippen LogP) is 3.13. The highest BCUT2D eigenvalue weighted by Gasteiger charge is 2.27. The van der Waals surface area contributed by atoms with Crippen LogP contribution in [-0.4, -0.2) is 16.1 Å². The van der Waals surface area contributed by atoms with Crippen LogP contribution in [0.1, 0.15) is 58.2 Å². The van der Waals surface area contributed by atoms with E-state index in [1.807, 2.05) is 12.5 Å². The fourth-order valence-corrected chi connectivity index (χ4v) is 2.83. The van der Waals surface area contributed by atoms with E-state index in [1.165, 1.54) is 31.4 Å². The standard InChI is InChI=1S/C14H25N3/c1-12(2)17-11-16-9-13(17)8-15-10-14(3)6-4-5-7-14/h9,11-12,15H,4-8,10H2,1-3H3. The smallest absolute Gasteiger partial charge is 0.0951 e. The van der Waals surface area contributed by atoms with Crippen LogP contribution in [0.4, 0.5) is 0 Å². The number of nitrogens with zero attached hydrogens (tertiary/aromatic N) is 2. The van der Waals surface area contributed by atoms with Crippen LogP contribution in [0.2, 0.25) is 0 Å². The van der Waals surface area contributed by atoms with Gasteiger partial charge in [-0.25, -0.2) is 4.98 Å². The molecule has 0 aliphatic heterocycles. The Hall–Kier alpha value is -0.830. The normalized spacial score (nSPS) is 19.1. The lowest BCUT2D eigenvalue weighted by Crippen LogP contribution is -2.29. The molecule has 96 valence electrons. The molecule has 1 fully saturated rings. The molecule has 0 radical (unpaired) electrons. The van der Waals surface area contributed by atoms with Gasteiger partial charge in [0.05, 0.1) is 12.0 Å². The van der Waals surface area contributed by atoms with Gasteiger partial charge in [-0.05, 0) is 32.1 Å². The van der Waals surface area contributed by atoms with E-state index in [2.05, 4.69) is 35.6 Å². The Bertz CT molecular complexity index is 348. The van der Waals surface area contributed by atoms with Gasteiger partial charge >= 0.3 is 0 Å². The molecule has 1 aromatic rings. The zero-order chi connectivity index (χ0) is 12.3. The van der Waals surface area contributed by atoms with Gasteiger partial charge in [-0.1, -0.05) is 19.8 Å². The largest absolute Gasteiger partial charge is 0.331 e. The summed E-state index contributed by atoms with van der Waals surface area (Å²) >= 11 is 0. The van der Waals surface area contributed by atoms with E-state index >= 15 is 0 Å². The molecular weight excluding hydrogens is 210 g/mol. The van der Waals surface area contributed by atoms with Crippen LogP contribution in [0.5, 0.6) is 0 Å². The highest BCUT2D eigenvalue weighted by molar-refractivity contribution is 4.99. The van der Waals surface area contributed by atoms with Gasteiger partial charge in [-0.3, -0.25) is 0 Å². The second-order valence-corrected chi connectivity index (χ2v) is 6.01. The van der Waals surface area contributed by atoms with Crippen molar-refractivity contribution in [2.75, 3.05) is 6.54 Å². The molecule has 1 aliphatic rings. The molecule has 1 N–H and O–H groups in total. The predicted molar refractivity (Wildman–Crippen MR) is 70.9 cm³/mol. The summed E-state index contributed by atoms with van der Waals surface area (Å²) in [4.78, 5) is 4.23. The minimum absolute atomic E-state index is 0.497. The Balaban J connectivity index is 1.83. The molecule has 1 heterocycles. The van der Waals surface area contributed by atoms with Crippen molar-refractivity contribution < 1.29 is 0 Å². The van der Waals surface area contributed by atoms with Crippen LogP contribution < -0.4 is 5.32 Å². The highest BCUT2D eigenvalue weighted by atomic mass is 15.1. The number of hydrogen-bond donors (Lipinski definition) is 1. The molecule has 3 nitrogen and oxygen atoms in total. The molecule has 3 heteroatoms. The van der Waals surface area contributed by atoms with Crippen molar-refractivity contribution >= 4 is 0 Å². The maximum Gasteiger partial charge on any atom is 0.0951 e.